The third kappa shape index (κ3) is 8.77. The molecule has 0 radical (unpaired) electrons. The summed E-state index contributed by atoms with van der Waals surface area (Å²) in [6, 6.07) is -0.133. The van der Waals surface area contributed by atoms with Gasteiger partial charge in [0, 0.05) is 12.3 Å². The fourth-order valence-corrected chi connectivity index (χ4v) is 0.817. The van der Waals surface area contributed by atoms with Crippen molar-refractivity contribution in [3.63, 3.8) is 0 Å². The Labute approximate surface area is 85.5 Å². The van der Waals surface area contributed by atoms with Crippen LogP contribution in [0.15, 0.2) is 17.8 Å². The molecule has 0 saturated heterocycles. The molecule has 0 spiro atoms. The Balaban J connectivity index is 3.41. The van der Waals surface area contributed by atoms with Crippen LogP contribution in [0.2, 0.25) is 0 Å². The Morgan fingerprint density at radius 1 is 1.50 bits per heavy atom. The van der Waals surface area contributed by atoms with Crippen LogP contribution >= 0.6 is 0 Å². The summed E-state index contributed by atoms with van der Waals surface area (Å²) in [6.07, 6.45) is 6.41. The molecule has 14 heavy (non-hydrogen) atoms. The van der Waals surface area contributed by atoms with Gasteiger partial charge in [-0.1, -0.05) is 6.08 Å². The molecule has 80 valence electrons. The second-order valence-electron chi connectivity index (χ2n) is 3.27. The molecule has 4 heteroatoms. The minimum atomic E-state index is -0.264. The number of carbonyl (C=O) groups excluding carboxylic acids is 1. The maximum Gasteiger partial charge on any atom is 0.335 e. The highest BCUT2D eigenvalue weighted by Gasteiger charge is 1.98. The quantitative estimate of drug-likeness (QED) is 0.291. The number of urea groups is 1. The normalized spacial score (nSPS) is 10.5. The van der Waals surface area contributed by atoms with Crippen LogP contribution in [-0.4, -0.2) is 18.3 Å². The zero-order chi connectivity index (χ0) is 10.8. The van der Waals surface area contributed by atoms with Gasteiger partial charge < -0.3 is 5.32 Å². The van der Waals surface area contributed by atoms with E-state index in [1.807, 2.05) is 19.9 Å². The van der Waals surface area contributed by atoms with Crippen molar-refractivity contribution in [2.24, 2.45) is 5.10 Å². The van der Waals surface area contributed by atoms with Gasteiger partial charge in [-0.25, -0.2) is 10.2 Å². The molecule has 0 aliphatic heterocycles. The van der Waals surface area contributed by atoms with Crippen molar-refractivity contribution in [1.29, 1.82) is 0 Å². The van der Waals surface area contributed by atoms with Gasteiger partial charge in [0.2, 0.25) is 0 Å². The summed E-state index contributed by atoms with van der Waals surface area (Å²) in [5.74, 6) is 0. The van der Waals surface area contributed by atoms with E-state index < -0.39 is 0 Å². The Morgan fingerprint density at radius 3 is 2.79 bits per heavy atom. The van der Waals surface area contributed by atoms with E-state index in [1.165, 1.54) is 0 Å². The van der Waals surface area contributed by atoms with E-state index in [4.69, 9.17) is 0 Å². The number of hydrogen-bond donors (Lipinski definition) is 2. The van der Waals surface area contributed by atoms with Crippen LogP contribution in [0.3, 0.4) is 0 Å². The predicted octanol–water partition coefficient (Wildman–Crippen LogP) is 2.04. The average Bonchev–Trinajstić information content (AvgIpc) is 2.10. The van der Waals surface area contributed by atoms with E-state index in [-0.39, 0.29) is 12.1 Å². The van der Waals surface area contributed by atoms with Crippen LogP contribution in [-0.2, 0) is 0 Å². The number of amides is 2. The molecule has 0 aliphatic carbocycles. The Bertz CT molecular complexity index is 200. The smallest absolute Gasteiger partial charge is 0.335 e. The van der Waals surface area contributed by atoms with E-state index in [0.717, 1.165) is 19.3 Å². The van der Waals surface area contributed by atoms with Gasteiger partial charge in [-0.05, 0) is 33.1 Å². The minimum absolute atomic E-state index is 0.131. The number of nitrogens with one attached hydrogen (secondary N) is 2. The van der Waals surface area contributed by atoms with Crippen molar-refractivity contribution in [3.8, 4) is 0 Å². The summed E-state index contributed by atoms with van der Waals surface area (Å²) in [6.45, 7) is 7.41. The summed E-state index contributed by atoms with van der Waals surface area (Å²) in [4.78, 5) is 11.0. The molecule has 0 fully saturated rings. The third-order valence-corrected chi connectivity index (χ3v) is 1.42. The number of hydrazone groups is 1. The molecular weight excluding hydrogens is 178 g/mol. The number of unbranched alkanes of at least 4 members (excludes halogenated alkanes) is 2. The van der Waals surface area contributed by atoms with Crippen molar-refractivity contribution in [2.75, 3.05) is 0 Å². The monoisotopic (exact) mass is 197 g/mol. The first-order valence-corrected chi connectivity index (χ1v) is 4.85. The molecular formula is C10H19N3O. The van der Waals surface area contributed by atoms with Crippen LogP contribution in [0.4, 0.5) is 4.79 Å². The highest BCUT2D eigenvalue weighted by molar-refractivity contribution is 5.75. The first kappa shape index (κ1) is 12.7. The van der Waals surface area contributed by atoms with Gasteiger partial charge in [-0.2, -0.15) is 5.10 Å². The molecule has 2 N–H and O–H groups in total. The molecule has 0 heterocycles. The van der Waals surface area contributed by atoms with Crippen molar-refractivity contribution >= 4 is 12.2 Å². The Kier molecular flexibility index (Phi) is 7.50. The van der Waals surface area contributed by atoms with Gasteiger partial charge in [0.1, 0.15) is 0 Å². The third-order valence-electron chi connectivity index (χ3n) is 1.42. The van der Waals surface area contributed by atoms with Gasteiger partial charge in [0.15, 0.2) is 0 Å². The average molecular weight is 197 g/mol. The molecule has 0 aromatic rings. The molecule has 0 aliphatic rings. The second-order valence-corrected chi connectivity index (χ2v) is 3.27. The lowest BCUT2D eigenvalue weighted by atomic mass is 10.2. The van der Waals surface area contributed by atoms with Gasteiger partial charge in [-0.3, -0.25) is 0 Å². The molecule has 0 saturated carbocycles. The fraction of sp³-hybridized carbons (Fsp3) is 0.600. The standard InChI is InChI=1S/C10H19N3O/c1-4-5-6-7-8-11-13-10(14)12-9(2)3/h4,8-9H,1,5-7H2,2-3H3,(H2,12,13,14)/b11-8-. The maximum absolute atomic E-state index is 11.0. The molecule has 0 rings (SSSR count). The van der Waals surface area contributed by atoms with Gasteiger partial charge in [0.25, 0.3) is 0 Å². The molecule has 2 amide bonds. The zero-order valence-electron chi connectivity index (χ0n) is 8.92. The van der Waals surface area contributed by atoms with Gasteiger partial charge >= 0.3 is 6.03 Å². The highest BCUT2D eigenvalue weighted by atomic mass is 16.2. The number of hydrogen-bond acceptors (Lipinski definition) is 2. The highest BCUT2D eigenvalue weighted by Crippen LogP contribution is 1.91. The number of allylic oxidation sites excluding steroid dienone is 1. The maximum atomic E-state index is 11.0. The second kappa shape index (κ2) is 8.29. The summed E-state index contributed by atoms with van der Waals surface area (Å²) in [7, 11) is 0. The number of rotatable bonds is 6. The predicted molar refractivity (Wildman–Crippen MR) is 59.3 cm³/mol. The molecule has 4 nitrogen and oxygen atoms in total. The van der Waals surface area contributed by atoms with Crippen LogP contribution in [0.1, 0.15) is 33.1 Å². The summed E-state index contributed by atoms with van der Waals surface area (Å²) < 4.78 is 0. The van der Waals surface area contributed by atoms with Crippen LogP contribution in [0.5, 0.6) is 0 Å². The lowest BCUT2D eigenvalue weighted by Gasteiger charge is -2.05. The lowest BCUT2D eigenvalue weighted by molar-refractivity contribution is 0.239. The topological polar surface area (TPSA) is 53.5 Å². The fourth-order valence-electron chi connectivity index (χ4n) is 0.817. The molecule has 0 aromatic heterocycles. The van der Waals surface area contributed by atoms with Crippen LogP contribution in [0.25, 0.3) is 0 Å². The largest absolute Gasteiger partial charge is 0.335 e. The van der Waals surface area contributed by atoms with Gasteiger partial charge in [-0.15, -0.1) is 6.58 Å². The molecule has 0 atom stereocenters. The number of nitrogens with zero attached hydrogens (tertiary/aromatic N) is 1. The van der Waals surface area contributed by atoms with Crippen LogP contribution in [0, 0.1) is 0 Å². The van der Waals surface area contributed by atoms with Crippen molar-refractivity contribution in [3.05, 3.63) is 12.7 Å². The first-order chi connectivity index (χ1) is 6.66. The molecule has 0 unspecified atom stereocenters. The lowest BCUT2D eigenvalue weighted by Crippen LogP contribution is -2.36. The van der Waals surface area contributed by atoms with Crippen LogP contribution < -0.4 is 10.7 Å². The summed E-state index contributed by atoms with van der Waals surface area (Å²) >= 11 is 0. The SMILES string of the molecule is C=CCCC/C=N\NC(=O)NC(C)C. The Hall–Kier alpha value is -1.32. The van der Waals surface area contributed by atoms with Gasteiger partial charge in [0.05, 0.1) is 0 Å². The van der Waals surface area contributed by atoms with E-state index in [1.54, 1.807) is 6.21 Å². The van der Waals surface area contributed by atoms with E-state index >= 15 is 0 Å². The van der Waals surface area contributed by atoms with Crippen molar-refractivity contribution in [2.45, 2.75) is 39.2 Å². The summed E-state index contributed by atoms with van der Waals surface area (Å²) in [5, 5.41) is 6.44. The molecule has 0 aromatic carbocycles. The minimum Gasteiger partial charge on any atom is -0.335 e. The van der Waals surface area contributed by atoms with E-state index in [9.17, 15) is 4.79 Å². The first-order valence-electron chi connectivity index (χ1n) is 4.85. The Morgan fingerprint density at radius 2 is 2.21 bits per heavy atom. The van der Waals surface area contributed by atoms with Crippen molar-refractivity contribution in [1.82, 2.24) is 10.7 Å². The van der Waals surface area contributed by atoms with E-state index in [0.29, 0.717) is 0 Å². The van der Waals surface area contributed by atoms with E-state index in [2.05, 4.69) is 22.4 Å². The number of carbonyl (C=O) groups is 1. The van der Waals surface area contributed by atoms with Crippen molar-refractivity contribution < 1.29 is 4.79 Å². The zero-order valence-corrected chi connectivity index (χ0v) is 8.92. The summed E-state index contributed by atoms with van der Waals surface area (Å²) in [5.41, 5.74) is 2.38. The molecule has 0 bridgehead atoms.